The Labute approximate surface area is 171 Å². The molecule has 0 bridgehead atoms. The lowest BCUT2D eigenvalue weighted by atomic mass is 10.1. The molecule has 1 aromatic heterocycles. The summed E-state index contributed by atoms with van der Waals surface area (Å²) in [7, 11) is 0. The van der Waals surface area contributed by atoms with E-state index in [0.29, 0.717) is 18.5 Å². The quantitative estimate of drug-likeness (QED) is 0.694. The van der Waals surface area contributed by atoms with Gasteiger partial charge in [0.05, 0.1) is 6.54 Å². The molecule has 2 N–H and O–H groups in total. The second-order valence-electron chi connectivity index (χ2n) is 7.28. The van der Waals surface area contributed by atoms with Crippen molar-refractivity contribution >= 4 is 17.5 Å². The summed E-state index contributed by atoms with van der Waals surface area (Å²) in [6.07, 6.45) is 1.11. The highest BCUT2D eigenvalue weighted by Crippen LogP contribution is 2.21. The molecular weight excluding hydrogens is 390 g/mol. The van der Waals surface area contributed by atoms with Crippen molar-refractivity contribution in [1.29, 1.82) is 0 Å². The van der Waals surface area contributed by atoms with Gasteiger partial charge in [0.25, 0.3) is 5.91 Å². The van der Waals surface area contributed by atoms with E-state index >= 15 is 0 Å². The summed E-state index contributed by atoms with van der Waals surface area (Å²) >= 11 is 0. The van der Waals surface area contributed by atoms with Crippen molar-refractivity contribution in [2.75, 3.05) is 5.32 Å². The Morgan fingerprint density at radius 3 is 2.87 bits per heavy atom. The summed E-state index contributed by atoms with van der Waals surface area (Å²) in [5.74, 6) is -1.88. The first-order valence-corrected chi connectivity index (χ1v) is 9.59. The van der Waals surface area contributed by atoms with Crippen LogP contribution in [0.2, 0.25) is 0 Å². The first-order valence-electron chi connectivity index (χ1n) is 9.59. The van der Waals surface area contributed by atoms with Gasteiger partial charge in [0.15, 0.2) is 0 Å². The number of nitrogens with zero attached hydrogens (tertiary/aromatic N) is 2. The van der Waals surface area contributed by atoms with Crippen LogP contribution >= 0.6 is 0 Å². The van der Waals surface area contributed by atoms with Crippen molar-refractivity contribution < 1.29 is 18.4 Å². The van der Waals surface area contributed by atoms with Gasteiger partial charge in [-0.3, -0.25) is 14.3 Å². The number of benzene rings is 2. The van der Waals surface area contributed by atoms with E-state index in [9.17, 15) is 18.4 Å². The SMILES string of the molecule is Cc1cc(C(=O)NC2CCc3ccccc3NC2=O)nn1Cc1cc(F)ccc1F. The first kappa shape index (κ1) is 19.8. The van der Waals surface area contributed by atoms with E-state index in [4.69, 9.17) is 0 Å². The smallest absolute Gasteiger partial charge is 0.272 e. The minimum absolute atomic E-state index is 0.0120. The van der Waals surface area contributed by atoms with E-state index < -0.39 is 23.6 Å². The lowest BCUT2D eigenvalue weighted by Gasteiger charge is -2.14. The van der Waals surface area contributed by atoms with E-state index in [1.807, 2.05) is 24.3 Å². The molecule has 0 aliphatic carbocycles. The van der Waals surface area contributed by atoms with E-state index in [1.54, 1.807) is 13.0 Å². The van der Waals surface area contributed by atoms with Gasteiger partial charge in [-0.25, -0.2) is 8.78 Å². The van der Waals surface area contributed by atoms with Crippen molar-refractivity contribution in [1.82, 2.24) is 15.1 Å². The predicted octanol–water partition coefficient (Wildman–Crippen LogP) is 3.20. The molecule has 0 fully saturated rings. The van der Waals surface area contributed by atoms with Crippen molar-refractivity contribution in [3.63, 3.8) is 0 Å². The molecule has 6 nitrogen and oxygen atoms in total. The Morgan fingerprint density at radius 1 is 1.23 bits per heavy atom. The number of halogens is 2. The fourth-order valence-corrected chi connectivity index (χ4v) is 3.49. The number of aromatic nitrogens is 2. The molecule has 2 amide bonds. The van der Waals surface area contributed by atoms with Crippen molar-refractivity contribution in [2.45, 2.75) is 32.4 Å². The maximum absolute atomic E-state index is 13.9. The van der Waals surface area contributed by atoms with Crippen molar-refractivity contribution in [2.24, 2.45) is 0 Å². The maximum Gasteiger partial charge on any atom is 0.272 e. The number of amides is 2. The van der Waals surface area contributed by atoms with Crippen LogP contribution in [0.25, 0.3) is 0 Å². The molecule has 1 aliphatic heterocycles. The van der Waals surface area contributed by atoms with Crippen LogP contribution < -0.4 is 10.6 Å². The van der Waals surface area contributed by atoms with E-state index in [-0.39, 0.29) is 23.7 Å². The summed E-state index contributed by atoms with van der Waals surface area (Å²) in [4.78, 5) is 25.2. The third-order valence-electron chi connectivity index (χ3n) is 5.14. The van der Waals surface area contributed by atoms with Crippen LogP contribution in [0.3, 0.4) is 0 Å². The van der Waals surface area contributed by atoms with Gasteiger partial charge < -0.3 is 10.6 Å². The minimum atomic E-state index is -0.698. The van der Waals surface area contributed by atoms with Gasteiger partial charge in [-0.1, -0.05) is 18.2 Å². The van der Waals surface area contributed by atoms with Crippen LogP contribution in [0.15, 0.2) is 48.5 Å². The Kier molecular flexibility index (Phi) is 5.31. The van der Waals surface area contributed by atoms with Gasteiger partial charge in [-0.05, 0) is 55.7 Å². The number of para-hydroxylation sites is 1. The first-order chi connectivity index (χ1) is 14.4. The molecule has 1 unspecified atom stereocenters. The Balaban J connectivity index is 1.47. The third-order valence-corrected chi connectivity index (χ3v) is 5.14. The number of fused-ring (bicyclic) bond motifs is 1. The number of aryl methyl sites for hydroxylation is 2. The molecule has 4 rings (SSSR count). The summed E-state index contributed by atoms with van der Waals surface area (Å²) in [5, 5.41) is 9.77. The van der Waals surface area contributed by atoms with Crippen LogP contribution in [-0.4, -0.2) is 27.6 Å². The topological polar surface area (TPSA) is 76.0 Å². The third kappa shape index (κ3) is 4.07. The van der Waals surface area contributed by atoms with Crippen LogP contribution in [0.4, 0.5) is 14.5 Å². The van der Waals surface area contributed by atoms with Gasteiger partial charge in [-0.2, -0.15) is 5.10 Å². The second kappa shape index (κ2) is 8.06. The number of hydrogen-bond acceptors (Lipinski definition) is 3. The normalized spacial score (nSPS) is 15.8. The van der Waals surface area contributed by atoms with Gasteiger partial charge in [0.1, 0.15) is 23.4 Å². The zero-order valence-corrected chi connectivity index (χ0v) is 16.3. The maximum atomic E-state index is 13.9. The highest BCUT2D eigenvalue weighted by molar-refractivity contribution is 6.01. The molecule has 0 radical (unpaired) electrons. The standard InChI is InChI=1S/C22H20F2N4O2/c1-13-10-20(27-28(13)12-15-11-16(23)7-8-17(15)24)22(30)26-19-9-6-14-4-2-3-5-18(14)25-21(19)29/h2-5,7-8,10-11,19H,6,9,12H2,1H3,(H,25,29)(H,26,30). The lowest BCUT2D eigenvalue weighted by Crippen LogP contribution is -2.43. The van der Waals surface area contributed by atoms with Crippen LogP contribution in [0, 0.1) is 18.6 Å². The van der Waals surface area contributed by atoms with E-state index in [1.165, 1.54) is 4.68 Å². The fourth-order valence-electron chi connectivity index (χ4n) is 3.49. The molecule has 0 spiro atoms. The predicted molar refractivity (Wildman–Crippen MR) is 107 cm³/mol. The zero-order chi connectivity index (χ0) is 21.3. The van der Waals surface area contributed by atoms with Crippen molar-refractivity contribution in [3.05, 3.63) is 82.7 Å². The molecule has 0 saturated heterocycles. The molecule has 8 heteroatoms. The van der Waals surface area contributed by atoms with Crippen molar-refractivity contribution in [3.8, 4) is 0 Å². The molecule has 1 atom stereocenters. The molecule has 1 aliphatic rings. The summed E-state index contributed by atoms with van der Waals surface area (Å²) in [6, 6.07) is 11.6. The highest BCUT2D eigenvalue weighted by Gasteiger charge is 2.26. The minimum Gasteiger partial charge on any atom is -0.339 e. The summed E-state index contributed by atoms with van der Waals surface area (Å²) in [5.41, 5.74) is 2.62. The number of anilines is 1. The number of carbonyl (C=O) groups excluding carboxylic acids is 2. The Morgan fingerprint density at radius 2 is 2.03 bits per heavy atom. The Bertz CT molecular complexity index is 1130. The average Bonchev–Trinajstić information content (AvgIpc) is 3.00. The number of nitrogens with one attached hydrogen (secondary N) is 2. The molecule has 3 aromatic rings. The van der Waals surface area contributed by atoms with Gasteiger partial charge >= 0.3 is 0 Å². The average molecular weight is 410 g/mol. The molecule has 2 heterocycles. The molecular formula is C22H20F2N4O2. The largest absolute Gasteiger partial charge is 0.339 e. The second-order valence-corrected chi connectivity index (χ2v) is 7.28. The summed E-state index contributed by atoms with van der Waals surface area (Å²) < 4.78 is 28.8. The van der Waals surface area contributed by atoms with E-state index in [2.05, 4.69) is 15.7 Å². The number of carbonyl (C=O) groups is 2. The number of rotatable bonds is 4. The lowest BCUT2D eigenvalue weighted by molar-refractivity contribution is -0.118. The van der Waals surface area contributed by atoms with Gasteiger partial charge in [-0.15, -0.1) is 0 Å². The monoisotopic (exact) mass is 410 g/mol. The van der Waals surface area contributed by atoms with E-state index in [0.717, 1.165) is 29.4 Å². The van der Waals surface area contributed by atoms with Gasteiger partial charge in [0, 0.05) is 16.9 Å². The molecule has 154 valence electrons. The number of hydrogen-bond donors (Lipinski definition) is 2. The summed E-state index contributed by atoms with van der Waals surface area (Å²) in [6.45, 7) is 1.71. The molecule has 30 heavy (non-hydrogen) atoms. The van der Waals surface area contributed by atoms with Crippen LogP contribution in [-0.2, 0) is 17.8 Å². The Hall–Kier alpha value is -3.55. The zero-order valence-electron chi connectivity index (χ0n) is 16.3. The highest BCUT2D eigenvalue weighted by atomic mass is 19.1. The molecule has 0 saturated carbocycles. The molecule has 2 aromatic carbocycles. The fraction of sp³-hybridized carbons (Fsp3) is 0.227. The van der Waals surface area contributed by atoms with Gasteiger partial charge in [0.2, 0.25) is 5.91 Å². The van der Waals surface area contributed by atoms with Crippen LogP contribution in [0.5, 0.6) is 0 Å². The van der Waals surface area contributed by atoms with Crippen LogP contribution in [0.1, 0.15) is 33.7 Å².